The zero-order valence-electron chi connectivity index (χ0n) is 15.2. The fraction of sp³-hybridized carbons (Fsp3) is 0.579. The van der Waals surface area contributed by atoms with E-state index in [1.807, 2.05) is 49.9 Å². The van der Waals surface area contributed by atoms with E-state index in [9.17, 15) is 14.7 Å². The van der Waals surface area contributed by atoms with Gasteiger partial charge in [0.05, 0.1) is 25.1 Å². The van der Waals surface area contributed by atoms with Crippen molar-refractivity contribution in [2.45, 2.75) is 33.2 Å². The number of likely N-dealkylation sites (tertiary alicyclic amines) is 1. The van der Waals surface area contributed by atoms with Crippen LogP contribution in [0.15, 0.2) is 24.3 Å². The number of hydrogen-bond acceptors (Lipinski definition) is 4. The van der Waals surface area contributed by atoms with Gasteiger partial charge in [-0.05, 0) is 25.3 Å². The Labute approximate surface area is 149 Å². The number of carbonyl (C=O) groups is 2. The molecule has 1 fully saturated rings. The third-order valence-electron chi connectivity index (χ3n) is 4.71. The molecule has 2 rings (SSSR count). The van der Waals surface area contributed by atoms with E-state index in [1.54, 1.807) is 0 Å². The largest absolute Gasteiger partial charge is 0.494 e. The van der Waals surface area contributed by atoms with E-state index < -0.39 is 11.9 Å². The van der Waals surface area contributed by atoms with Crippen molar-refractivity contribution >= 4 is 11.9 Å². The molecule has 1 heterocycles. The van der Waals surface area contributed by atoms with Crippen LogP contribution >= 0.6 is 0 Å². The molecule has 0 spiro atoms. The molecule has 1 aromatic carbocycles. The van der Waals surface area contributed by atoms with Gasteiger partial charge < -0.3 is 15.2 Å². The van der Waals surface area contributed by atoms with E-state index in [4.69, 9.17) is 4.74 Å². The van der Waals surface area contributed by atoms with Gasteiger partial charge in [-0.1, -0.05) is 32.0 Å². The van der Waals surface area contributed by atoms with Crippen LogP contribution in [0.4, 0.5) is 0 Å². The van der Waals surface area contributed by atoms with Crippen molar-refractivity contribution in [3.8, 4) is 5.75 Å². The Hall–Kier alpha value is -2.08. The molecule has 0 bridgehead atoms. The van der Waals surface area contributed by atoms with Crippen LogP contribution in [-0.4, -0.2) is 48.1 Å². The Kier molecular flexibility index (Phi) is 6.82. The number of carboxylic acids is 1. The van der Waals surface area contributed by atoms with Crippen molar-refractivity contribution in [1.29, 1.82) is 0 Å². The van der Waals surface area contributed by atoms with E-state index in [-0.39, 0.29) is 24.4 Å². The van der Waals surface area contributed by atoms with E-state index in [0.717, 1.165) is 17.7 Å². The molecule has 1 unspecified atom stereocenters. The van der Waals surface area contributed by atoms with Crippen molar-refractivity contribution in [2.24, 2.45) is 11.8 Å². The summed E-state index contributed by atoms with van der Waals surface area (Å²) in [6.45, 7) is 7.73. The topological polar surface area (TPSA) is 78.9 Å². The molecule has 1 aliphatic heterocycles. The lowest BCUT2D eigenvalue weighted by Gasteiger charge is -2.22. The Morgan fingerprint density at radius 3 is 2.64 bits per heavy atom. The number of nitrogens with one attached hydrogen (secondary N) is 1. The number of carboxylic acid groups (broad SMARTS) is 1. The number of benzene rings is 1. The van der Waals surface area contributed by atoms with Crippen molar-refractivity contribution in [3.05, 3.63) is 29.8 Å². The molecule has 0 aromatic heterocycles. The second kappa shape index (κ2) is 8.85. The highest BCUT2D eigenvalue weighted by Crippen LogP contribution is 2.27. The first-order valence-corrected chi connectivity index (χ1v) is 8.92. The average molecular weight is 348 g/mol. The van der Waals surface area contributed by atoms with E-state index in [2.05, 4.69) is 5.32 Å². The summed E-state index contributed by atoms with van der Waals surface area (Å²) in [5, 5.41) is 12.3. The van der Waals surface area contributed by atoms with Crippen LogP contribution in [0.5, 0.6) is 5.75 Å². The minimum absolute atomic E-state index is 0.0611. The number of ether oxygens (including phenoxy) is 1. The quantitative estimate of drug-likeness (QED) is 0.754. The van der Waals surface area contributed by atoms with Crippen LogP contribution in [0.25, 0.3) is 0 Å². The van der Waals surface area contributed by atoms with Crippen molar-refractivity contribution in [1.82, 2.24) is 10.2 Å². The molecule has 6 nitrogen and oxygen atoms in total. The molecule has 1 amide bonds. The fourth-order valence-electron chi connectivity index (χ4n) is 3.42. The number of carbonyl (C=O) groups excluding carboxylic acids is 1. The third kappa shape index (κ3) is 4.95. The van der Waals surface area contributed by atoms with Gasteiger partial charge in [0.15, 0.2) is 0 Å². The maximum absolute atomic E-state index is 12.5. The van der Waals surface area contributed by atoms with Crippen LogP contribution in [0.2, 0.25) is 0 Å². The van der Waals surface area contributed by atoms with E-state index >= 15 is 0 Å². The van der Waals surface area contributed by atoms with Gasteiger partial charge in [-0.25, -0.2) is 0 Å². The molecule has 1 saturated heterocycles. The Morgan fingerprint density at radius 1 is 1.32 bits per heavy atom. The zero-order chi connectivity index (χ0) is 18.4. The standard InChI is InChI=1S/C19H28N2O4/c1-4-16(14-8-6-7-9-17(14)25-5-2)20-18(22)12-21-10-13(3)15(11-21)19(23)24/h6-9,13,15-16H,4-5,10-12H2,1-3H3,(H,20,22)(H,23,24)/t13-,15-,16?/m1/s1. The first-order chi connectivity index (χ1) is 12.0. The number of aliphatic carboxylic acids is 1. The van der Waals surface area contributed by atoms with Gasteiger partial charge >= 0.3 is 5.97 Å². The number of nitrogens with zero attached hydrogens (tertiary/aromatic N) is 1. The number of rotatable bonds is 8. The monoisotopic (exact) mass is 348 g/mol. The first kappa shape index (κ1) is 19.2. The summed E-state index contributed by atoms with van der Waals surface area (Å²) in [6.07, 6.45) is 0.754. The highest BCUT2D eigenvalue weighted by Gasteiger charge is 2.35. The van der Waals surface area contributed by atoms with Gasteiger partial charge in [-0.15, -0.1) is 0 Å². The molecular formula is C19H28N2O4. The lowest BCUT2D eigenvalue weighted by Crippen LogP contribution is -2.38. The molecule has 1 aromatic rings. The first-order valence-electron chi connectivity index (χ1n) is 8.92. The summed E-state index contributed by atoms with van der Waals surface area (Å²) in [6, 6.07) is 7.61. The third-order valence-corrected chi connectivity index (χ3v) is 4.71. The molecule has 0 saturated carbocycles. The van der Waals surface area contributed by atoms with E-state index in [1.165, 1.54) is 0 Å². The van der Waals surface area contributed by atoms with Crippen LogP contribution in [-0.2, 0) is 9.59 Å². The number of amides is 1. The minimum Gasteiger partial charge on any atom is -0.494 e. The predicted octanol–water partition coefficient (Wildman–Crippen LogP) is 2.31. The second-order valence-electron chi connectivity index (χ2n) is 6.62. The molecule has 0 aliphatic carbocycles. The van der Waals surface area contributed by atoms with Gasteiger partial charge in [0.1, 0.15) is 5.75 Å². The van der Waals surface area contributed by atoms with Crippen molar-refractivity contribution < 1.29 is 19.4 Å². The van der Waals surface area contributed by atoms with Crippen molar-refractivity contribution in [3.63, 3.8) is 0 Å². The van der Waals surface area contributed by atoms with Gasteiger partial charge in [-0.2, -0.15) is 0 Å². The van der Waals surface area contributed by atoms with Crippen LogP contribution in [0.1, 0.15) is 38.8 Å². The maximum atomic E-state index is 12.5. The second-order valence-corrected chi connectivity index (χ2v) is 6.62. The molecular weight excluding hydrogens is 320 g/mol. The molecule has 1 aliphatic rings. The fourth-order valence-corrected chi connectivity index (χ4v) is 3.42. The van der Waals surface area contributed by atoms with Crippen LogP contribution in [0, 0.1) is 11.8 Å². The lowest BCUT2D eigenvalue weighted by molar-refractivity contribution is -0.142. The molecule has 25 heavy (non-hydrogen) atoms. The van der Waals surface area contributed by atoms with Crippen LogP contribution in [0.3, 0.4) is 0 Å². The van der Waals surface area contributed by atoms with Gasteiger partial charge in [0, 0.05) is 18.7 Å². The minimum atomic E-state index is -0.785. The molecule has 138 valence electrons. The Morgan fingerprint density at radius 2 is 2.04 bits per heavy atom. The summed E-state index contributed by atoms with van der Waals surface area (Å²) < 4.78 is 5.66. The average Bonchev–Trinajstić information content (AvgIpc) is 2.94. The maximum Gasteiger partial charge on any atom is 0.308 e. The smallest absolute Gasteiger partial charge is 0.308 e. The highest BCUT2D eigenvalue weighted by molar-refractivity contribution is 5.79. The van der Waals surface area contributed by atoms with Gasteiger partial charge in [-0.3, -0.25) is 14.5 Å². The molecule has 6 heteroatoms. The van der Waals surface area contributed by atoms with E-state index in [0.29, 0.717) is 19.7 Å². The summed E-state index contributed by atoms with van der Waals surface area (Å²) in [5.41, 5.74) is 0.971. The summed E-state index contributed by atoms with van der Waals surface area (Å²) >= 11 is 0. The summed E-state index contributed by atoms with van der Waals surface area (Å²) in [7, 11) is 0. The SMILES string of the molecule is CCOc1ccccc1C(CC)NC(=O)CN1C[C@@H](C)[C@H](C(=O)O)C1. The Balaban J connectivity index is 1.98. The number of hydrogen-bond donors (Lipinski definition) is 2. The predicted molar refractivity (Wildman–Crippen MR) is 95.5 cm³/mol. The molecule has 2 N–H and O–H groups in total. The molecule has 3 atom stereocenters. The Bertz CT molecular complexity index is 605. The normalized spacial score (nSPS) is 21.7. The number of para-hydroxylation sites is 1. The van der Waals surface area contributed by atoms with Crippen molar-refractivity contribution in [2.75, 3.05) is 26.2 Å². The van der Waals surface area contributed by atoms with Gasteiger partial charge in [0.25, 0.3) is 0 Å². The van der Waals surface area contributed by atoms with Crippen LogP contribution < -0.4 is 10.1 Å². The highest BCUT2D eigenvalue weighted by atomic mass is 16.5. The molecule has 0 radical (unpaired) electrons. The van der Waals surface area contributed by atoms with Gasteiger partial charge in [0.2, 0.25) is 5.91 Å². The lowest BCUT2D eigenvalue weighted by atomic mass is 9.99. The zero-order valence-corrected chi connectivity index (χ0v) is 15.2. The summed E-state index contributed by atoms with van der Waals surface area (Å²) in [4.78, 5) is 25.6. The summed E-state index contributed by atoms with van der Waals surface area (Å²) in [5.74, 6) is -0.416.